The molecular weight excluding hydrogens is 400 g/mol. The molecule has 5 nitrogen and oxygen atoms in total. The molecular formula is C24H31ClN2O3. The number of halogens is 1. The van der Waals surface area contributed by atoms with Crippen LogP contribution in [-0.2, 0) is 16.1 Å². The average Bonchev–Trinajstić information content (AvgIpc) is 2.66. The van der Waals surface area contributed by atoms with Crippen LogP contribution in [0.25, 0.3) is 0 Å². The minimum atomic E-state index is -0.684. The SMILES string of the molecule is Cc1ccc(OCC(=O)N(Cc2ccccc2Cl)[C@H](C)C(=O)NC(C)(C)C)cc1C. The van der Waals surface area contributed by atoms with E-state index in [1.807, 2.05) is 71.0 Å². The highest BCUT2D eigenvalue weighted by atomic mass is 35.5. The lowest BCUT2D eigenvalue weighted by molar-refractivity contribution is -0.142. The zero-order valence-electron chi connectivity index (χ0n) is 18.6. The number of hydrogen-bond acceptors (Lipinski definition) is 3. The molecule has 2 amide bonds. The van der Waals surface area contributed by atoms with Crippen molar-refractivity contribution < 1.29 is 14.3 Å². The lowest BCUT2D eigenvalue weighted by Gasteiger charge is -2.31. The smallest absolute Gasteiger partial charge is 0.261 e. The van der Waals surface area contributed by atoms with Gasteiger partial charge in [0.2, 0.25) is 5.91 Å². The third-order valence-electron chi connectivity index (χ3n) is 4.80. The van der Waals surface area contributed by atoms with Crippen LogP contribution in [0.3, 0.4) is 0 Å². The van der Waals surface area contributed by atoms with Gasteiger partial charge in [-0.15, -0.1) is 0 Å². The first kappa shape index (κ1) is 23.7. The van der Waals surface area contributed by atoms with E-state index in [9.17, 15) is 9.59 Å². The van der Waals surface area contributed by atoms with Crippen molar-refractivity contribution in [1.82, 2.24) is 10.2 Å². The molecule has 0 bridgehead atoms. The summed E-state index contributed by atoms with van der Waals surface area (Å²) in [5.41, 5.74) is 2.61. The molecule has 0 aliphatic rings. The Hall–Kier alpha value is -2.53. The van der Waals surface area contributed by atoms with Crippen LogP contribution in [0.1, 0.15) is 44.4 Å². The standard InChI is InChI=1S/C24H31ClN2O3/c1-16-11-12-20(13-17(16)2)30-15-22(28)27(14-19-9-7-8-10-21(19)25)18(3)23(29)26-24(4,5)6/h7-13,18H,14-15H2,1-6H3,(H,26,29)/t18-/m1/s1. The van der Waals surface area contributed by atoms with E-state index in [0.717, 1.165) is 16.7 Å². The molecule has 1 atom stereocenters. The van der Waals surface area contributed by atoms with Crippen LogP contribution < -0.4 is 10.1 Å². The predicted molar refractivity (Wildman–Crippen MR) is 121 cm³/mol. The molecule has 1 N–H and O–H groups in total. The Morgan fingerprint density at radius 1 is 1.10 bits per heavy atom. The number of benzene rings is 2. The maximum Gasteiger partial charge on any atom is 0.261 e. The van der Waals surface area contributed by atoms with Crippen LogP contribution in [0.5, 0.6) is 5.75 Å². The number of amides is 2. The summed E-state index contributed by atoms with van der Waals surface area (Å²) in [7, 11) is 0. The molecule has 0 saturated carbocycles. The van der Waals surface area contributed by atoms with Crippen molar-refractivity contribution in [3.05, 3.63) is 64.2 Å². The zero-order valence-corrected chi connectivity index (χ0v) is 19.3. The highest BCUT2D eigenvalue weighted by Crippen LogP contribution is 2.20. The maximum atomic E-state index is 13.1. The summed E-state index contributed by atoms with van der Waals surface area (Å²) in [4.78, 5) is 27.3. The van der Waals surface area contributed by atoms with Gasteiger partial charge in [0.1, 0.15) is 11.8 Å². The van der Waals surface area contributed by atoms with Crippen LogP contribution in [0.2, 0.25) is 5.02 Å². The minimum absolute atomic E-state index is 0.167. The van der Waals surface area contributed by atoms with Gasteiger partial charge in [0, 0.05) is 17.1 Å². The van der Waals surface area contributed by atoms with Crippen molar-refractivity contribution in [3.63, 3.8) is 0 Å². The second-order valence-corrected chi connectivity index (χ2v) is 8.97. The van der Waals surface area contributed by atoms with Gasteiger partial charge >= 0.3 is 0 Å². The second kappa shape index (κ2) is 9.98. The number of aryl methyl sites for hydroxylation is 2. The Balaban J connectivity index is 2.20. The number of nitrogens with zero attached hydrogens (tertiary/aromatic N) is 1. The third-order valence-corrected chi connectivity index (χ3v) is 5.17. The van der Waals surface area contributed by atoms with E-state index in [-0.39, 0.29) is 25.0 Å². The Bertz CT molecular complexity index is 906. The van der Waals surface area contributed by atoms with E-state index >= 15 is 0 Å². The summed E-state index contributed by atoms with van der Waals surface area (Å²) < 4.78 is 5.73. The molecule has 0 aliphatic carbocycles. The van der Waals surface area contributed by atoms with Crippen LogP contribution in [0.4, 0.5) is 0 Å². The van der Waals surface area contributed by atoms with E-state index in [2.05, 4.69) is 5.32 Å². The first-order valence-corrected chi connectivity index (χ1v) is 10.4. The van der Waals surface area contributed by atoms with Crippen LogP contribution in [0, 0.1) is 13.8 Å². The van der Waals surface area contributed by atoms with Gasteiger partial charge in [0.25, 0.3) is 5.91 Å². The van der Waals surface area contributed by atoms with Crippen LogP contribution in [-0.4, -0.2) is 34.9 Å². The highest BCUT2D eigenvalue weighted by Gasteiger charge is 2.29. The van der Waals surface area contributed by atoms with E-state index in [1.54, 1.807) is 13.0 Å². The molecule has 162 valence electrons. The first-order valence-electron chi connectivity index (χ1n) is 10.0. The summed E-state index contributed by atoms with van der Waals surface area (Å²) in [5.74, 6) is 0.106. The summed E-state index contributed by atoms with van der Waals surface area (Å²) in [5, 5.41) is 3.49. The van der Waals surface area contributed by atoms with Gasteiger partial charge in [-0.1, -0.05) is 35.9 Å². The molecule has 6 heteroatoms. The van der Waals surface area contributed by atoms with Crippen molar-refractivity contribution in [2.75, 3.05) is 6.61 Å². The topological polar surface area (TPSA) is 58.6 Å². The maximum absolute atomic E-state index is 13.1. The molecule has 2 aromatic carbocycles. The number of ether oxygens (including phenoxy) is 1. The number of rotatable bonds is 7. The zero-order chi connectivity index (χ0) is 22.5. The van der Waals surface area contributed by atoms with Crippen molar-refractivity contribution in [3.8, 4) is 5.75 Å². The number of nitrogens with one attached hydrogen (secondary N) is 1. The number of carbonyl (C=O) groups excluding carboxylic acids is 2. The van der Waals surface area contributed by atoms with Gasteiger partial charge in [0.05, 0.1) is 0 Å². The Kier molecular flexibility index (Phi) is 7.90. The summed E-state index contributed by atoms with van der Waals surface area (Å²) >= 11 is 6.30. The fraction of sp³-hybridized carbons (Fsp3) is 0.417. The van der Waals surface area contributed by atoms with E-state index < -0.39 is 11.6 Å². The molecule has 2 aromatic rings. The van der Waals surface area contributed by atoms with E-state index in [0.29, 0.717) is 10.8 Å². The Labute approximate surface area is 184 Å². The van der Waals surface area contributed by atoms with Gasteiger partial charge in [-0.3, -0.25) is 9.59 Å². The number of hydrogen-bond donors (Lipinski definition) is 1. The van der Waals surface area contributed by atoms with Gasteiger partial charge in [-0.25, -0.2) is 0 Å². The van der Waals surface area contributed by atoms with Crippen molar-refractivity contribution >= 4 is 23.4 Å². The quantitative estimate of drug-likeness (QED) is 0.694. The average molecular weight is 431 g/mol. The van der Waals surface area contributed by atoms with Gasteiger partial charge < -0.3 is 15.0 Å². The van der Waals surface area contributed by atoms with Crippen molar-refractivity contribution in [1.29, 1.82) is 0 Å². The minimum Gasteiger partial charge on any atom is -0.484 e. The molecule has 30 heavy (non-hydrogen) atoms. The van der Waals surface area contributed by atoms with Gasteiger partial charge in [-0.05, 0) is 76.4 Å². The van der Waals surface area contributed by atoms with Gasteiger partial charge in [-0.2, -0.15) is 0 Å². The summed E-state index contributed by atoms with van der Waals surface area (Å²) in [6.07, 6.45) is 0. The third kappa shape index (κ3) is 6.77. The second-order valence-electron chi connectivity index (χ2n) is 8.56. The fourth-order valence-electron chi connectivity index (χ4n) is 2.90. The normalized spacial score (nSPS) is 12.2. The van der Waals surface area contributed by atoms with Crippen molar-refractivity contribution in [2.45, 2.75) is 59.7 Å². The molecule has 0 fully saturated rings. The fourth-order valence-corrected chi connectivity index (χ4v) is 3.09. The molecule has 0 aromatic heterocycles. The monoisotopic (exact) mass is 430 g/mol. The molecule has 0 heterocycles. The lowest BCUT2D eigenvalue weighted by atomic mass is 10.1. The molecule has 0 saturated heterocycles. The van der Waals surface area contributed by atoms with Gasteiger partial charge in [0.15, 0.2) is 6.61 Å². The predicted octanol–water partition coefficient (Wildman–Crippen LogP) is 4.67. The largest absolute Gasteiger partial charge is 0.484 e. The molecule has 0 radical (unpaired) electrons. The summed E-state index contributed by atoms with van der Waals surface area (Å²) in [6, 6.07) is 12.3. The van der Waals surface area contributed by atoms with Crippen molar-refractivity contribution in [2.24, 2.45) is 0 Å². The van der Waals surface area contributed by atoms with E-state index in [1.165, 1.54) is 4.90 Å². The summed E-state index contributed by atoms with van der Waals surface area (Å²) in [6.45, 7) is 11.5. The van der Waals surface area contributed by atoms with Crippen LogP contribution >= 0.6 is 11.6 Å². The highest BCUT2D eigenvalue weighted by molar-refractivity contribution is 6.31. The Morgan fingerprint density at radius 3 is 2.37 bits per heavy atom. The lowest BCUT2D eigenvalue weighted by Crippen LogP contribution is -2.53. The number of carbonyl (C=O) groups is 2. The van der Waals surface area contributed by atoms with E-state index in [4.69, 9.17) is 16.3 Å². The first-order chi connectivity index (χ1) is 14.0. The molecule has 0 spiro atoms. The molecule has 0 aliphatic heterocycles. The molecule has 0 unspecified atom stereocenters. The van der Waals surface area contributed by atoms with Crippen LogP contribution in [0.15, 0.2) is 42.5 Å². The Morgan fingerprint density at radius 2 is 1.77 bits per heavy atom. The molecule has 2 rings (SSSR count).